The predicted molar refractivity (Wildman–Crippen MR) is 221 cm³/mol. The maximum atomic E-state index is 14.9. The molecule has 2 saturated carbocycles. The lowest BCUT2D eigenvalue weighted by Crippen LogP contribution is -2.57. The Morgan fingerprint density at radius 2 is 1.80 bits per heavy atom. The lowest BCUT2D eigenvalue weighted by molar-refractivity contribution is -0.145. The number of amides is 4. The van der Waals surface area contributed by atoms with E-state index in [0.717, 1.165) is 44.9 Å². The van der Waals surface area contributed by atoms with Crippen LogP contribution in [-0.2, 0) is 29.2 Å². The summed E-state index contributed by atoms with van der Waals surface area (Å²) in [5.41, 5.74) is -0.0117. The van der Waals surface area contributed by atoms with Gasteiger partial charge in [-0.15, -0.1) is 0 Å². The average molecular weight is 847 g/mol. The topological polar surface area (TPSA) is 177 Å². The highest BCUT2D eigenvalue weighted by Crippen LogP contribution is 2.46. The van der Waals surface area contributed by atoms with E-state index >= 15 is 0 Å². The second-order valence-electron chi connectivity index (χ2n) is 16.5. The van der Waals surface area contributed by atoms with Crippen molar-refractivity contribution in [2.24, 2.45) is 11.8 Å². The van der Waals surface area contributed by atoms with E-state index in [1.165, 1.54) is 12.0 Å². The number of hydrogen-bond acceptors (Lipinski definition) is 10. The van der Waals surface area contributed by atoms with Gasteiger partial charge in [-0.25, -0.2) is 13.4 Å². The third kappa shape index (κ3) is 8.77. The zero-order valence-electron chi connectivity index (χ0n) is 33.2. The van der Waals surface area contributed by atoms with Crippen LogP contribution in [0.1, 0.15) is 83.5 Å². The van der Waals surface area contributed by atoms with Gasteiger partial charge in [0.25, 0.3) is 5.91 Å². The van der Waals surface area contributed by atoms with Gasteiger partial charge in [-0.05, 0) is 82.1 Å². The van der Waals surface area contributed by atoms with Crippen LogP contribution >= 0.6 is 11.6 Å². The number of benzene rings is 1. The summed E-state index contributed by atoms with van der Waals surface area (Å²) >= 11 is 6.81. The minimum absolute atomic E-state index is 0.0243. The molecule has 4 fully saturated rings. The Balaban J connectivity index is 1.13. The quantitative estimate of drug-likeness (QED) is 0.268. The molecule has 1 aromatic carbocycles. The summed E-state index contributed by atoms with van der Waals surface area (Å²) in [4.78, 5) is 69.7. The van der Waals surface area contributed by atoms with Crippen molar-refractivity contribution in [3.8, 4) is 22.9 Å². The monoisotopic (exact) mass is 846 g/mol. The molecule has 0 unspecified atom stereocenters. The average Bonchev–Trinajstić information content (AvgIpc) is 4.17. The van der Waals surface area contributed by atoms with E-state index in [0.29, 0.717) is 66.1 Å². The number of carbonyl (C=O) groups excluding carboxylic acids is 4. The minimum atomic E-state index is -3.90. The maximum absolute atomic E-state index is 14.9. The van der Waals surface area contributed by atoms with Crippen LogP contribution in [0.4, 0.5) is 0 Å². The smallest absolute Gasteiger partial charge is 0.259 e. The number of allylic oxidation sites excluding steroid dienone is 1. The van der Waals surface area contributed by atoms with Gasteiger partial charge in [-0.1, -0.05) is 42.7 Å². The van der Waals surface area contributed by atoms with Gasteiger partial charge in [-0.3, -0.25) is 28.9 Å². The number of piperidine rings is 1. The van der Waals surface area contributed by atoms with Crippen LogP contribution in [0.15, 0.2) is 54.7 Å². The van der Waals surface area contributed by atoms with Gasteiger partial charge in [0.05, 0.1) is 35.8 Å². The number of rotatable bonds is 9. The van der Waals surface area contributed by atoms with E-state index in [9.17, 15) is 27.6 Å². The molecule has 59 heavy (non-hydrogen) atoms. The van der Waals surface area contributed by atoms with Crippen molar-refractivity contribution in [1.29, 1.82) is 0 Å². The summed E-state index contributed by atoms with van der Waals surface area (Å²) in [6.45, 7) is 1.35. The first-order valence-corrected chi connectivity index (χ1v) is 22.8. The van der Waals surface area contributed by atoms with Crippen molar-refractivity contribution < 1.29 is 37.1 Å². The number of nitrogens with zero attached hydrogens (tertiary/aromatic N) is 4. The highest BCUT2D eigenvalue weighted by molar-refractivity contribution is 7.91. The van der Waals surface area contributed by atoms with Crippen molar-refractivity contribution in [1.82, 2.24) is 29.8 Å². The van der Waals surface area contributed by atoms with Gasteiger partial charge < -0.3 is 24.6 Å². The third-order valence-electron chi connectivity index (χ3n) is 12.4. The largest absolute Gasteiger partial charge is 0.495 e. The van der Waals surface area contributed by atoms with Crippen LogP contribution in [0, 0.1) is 11.8 Å². The number of methoxy groups -OCH3 is 1. The summed E-state index contributed by atoms with van der Waals surface area (Å²) in [7, 11) is -2.38. The molecule has 0 bridgehead atoms. The van der Waals surface area contributed by atoms with Crippen LogP contribution in [0.5, 0.6) is 11.5 Å². The Hall–Kier alpha value is -4.76. The molecule has 2 N–H and O–H groups in total. The van der Waals surface area contributed by atoms with Gasteiger partial charge in [-0.2, -0.15) is 0 Å². The van der Waals surface area contributed by atoms with E-state index in [4.69, 9.17) is 26.1 Å². The van der Waals surface area contributed by atoms with E-state index in [-0.39, 0.29) is 42.6 Å². The fourth-order valence-electron chi connectivity index (χ4n) is 8.75. The maximum Gasteiger partial charge on any atom is 0.259 e. The standard InChI is InChI=1S/C43H51ClN6O8S/c1-57-35-18-17-31-36(24-33(46-39(31)38(35)44)32-14-8-9-19-45-32)58-29-23-34-40(52)47-43(42(54)48-59(55,56)30-15-16-30)25-28(43)13-7-4-2-3-6-12-27(41(53)50(34)26-29)22-37(51)49-20-10-5-11-21-49/h7-9,13-14,17-19,24,27-30,34H,2-6,10-12,15-16,20-23,25-26H2,1H3,(H,47,52)(H,48,54)/t27-,28-,29-,34+,43-/m1/s1. The molecule has 8 rings (SSSR count). The first-order chi connectivity index (χ1) is 28.5. The predicted octanol–water partition coefficient (Wildman–Crippen LogP) is 5.33. The van der Waals surface area contributed by atoms with Crippen LogP contribution < -0.4 is 19.5 Å². The molecule has 2 aromatic heterocycles. The first kappa shape index (κ1) is 41.0. The number of hydrogen-bond donors (Lipinski definition) is 2. The van der Waals surface area contributed by atoms with E-state index in [1.54, 1.807) is 30.5 Å². The molecule has 314 valence electrons. The molecule has 3 aromatic rings. The Bertz CT molecular complexity index is 2250. The molecule has 16 heteroatoms. The molecule has 3 aliphatic heterocycles. The summed E-state index contributed by atoms with van der Waals surface area (Å²) in [6.07, 6.45) is 12.6. The fourth-order valence-corrected chi connectivity index (χ4v) is 10.4. The fraction of sp³-hybridized carbons (Fsp3) is 0.535. The van der Waals surface area contributed by atoms with Gasteiger partial charge in [0.15, 0.2) is 0 Å². The zero-order valence-corrected chi connectivity index (χ0v) is 34.8. The Labute approximate surface area is 349 Å². The van der Waals surface area contributed by atoms with Crippen molar-refractivity contribution in [2.75, 3.05) is 26.7 Å². The zero-order chi connectivity index (χ0) is 41.3. The summed E-state index contributed by atoms with van der Waals surface area (Å²) in [5, 5.41) is 3.18. The second kappa shape index (κ2) is 17.1. The van der Waals surface area contributed by atoms with Crippen molar-refractivity contribution in [3.05, 3.63) is 59.8 Å². The Morgan fingerprint density at radius 1 is 1.00 bits per heavy atom. The van der Waals surface area contributed by atoms with Crippen LogP contribution in [0.25, 0.3) is 22.3 Å². The number of ether oxygens (including phenoxy) is 2. The lowest BCUT2D eigenvalue weighted by Gasteiger charge is -2.31. The highest BCUT2D eigenvalue weighted by atomic mass is 35.5. The van der Waals surface area contributed by atoms with Crippen LogP contribution in [0.2, 0.25) is 5.02 Å². The van der Waals surface area contributed by atoms with E-state index < -0.39 is 56.6 Å². The molecule has 5 aliphatic rings. The van der Waals surface area contributed by atoms with Crippen LogP contribution in [-0.4, -0.2) is 101 Å². The van der Waals surface area contributed by atoms with Gasteiger partial charge in [0.2, 0.25) is 27.7 Å². The molecule has 5 atom stereocenters. The summed E-state index contributed by atoms with van der Waals surface area (Å²) < 4.78 is 40.4. The summed E-state index contributed by atoms with van der Waals surface area (Å²) in [5.74, 6) is -2.01. The number of likely N-dealkylation sites (tertiary alicyclic amines) is 1. The van der Waals surface area contributed by atoms with Crippen molar-refractivity contribution >= 4 is 56.2 Å². The van der Waals surface area contributed by atoms with Crippen molar-refractivity contribution in [2.45, 2.75) is 106 Å². The van der Waals surface area contributed by atoms with E-state index in [2.05, 4.69) is 15.0 Å². The Kier molecular flexibility index (Phi) is 11.9. The number of halogens is 1. The SMILES string of the molecule is COc1ccc2c(O[C@@H]3C[C@H]4C(=O)N[C@]5(C(=O)NS(=O)(=O)C6CC6)C[C@H]5C=CCCCCC[C@H](CC(=O)N5CCCCC5)C(=O)N4C3)cc(-c3ccccn3)nc2c1Cl. The van der Waals surface area contributed by atoms with Gasteiger partial charge in [0.1, 0.15) is 34.2 Å². The number of nitrogens with one attached hydrogen (secondary N) is 2. The van der Waals surface area contributed by atoms with Gasteiger partial charge >= 0.3 is 0 Å². The number of aromatic nitrogens is 2. The molecule has 2 saturated heterocycles. The molecule has 4 amide bonds. The molecule has 2 aliphatic carbocycles. The molecular formula is C43H51ClN6O8S. The number of fused-ring (bicyclic) bond motifs is 3. The summed E-state index contributed by atoms with van der Waals surface area (Å²) in [6, 6.07) is 9.64. The molecule has 5 heterocycles. The normalized spacial score (nSPS) is 26.5. The second-order valence-corrected chi connectivity index (χ2v) is 18.9. The lowest BCUT2D eigenvalue weighted by atomic mass is 9.94. The molecular weight excluding hydrogens is 796 g/mol. The number of pyridine rings is 2. The molecule has 0 radical (unpaired) electrons. The van der Waals surface area contributed by atoms with Gasteiger partial charge in [0, 0.05) is 55.4 Å². The van der Waals surface area contributed by atoms with Crippen LogP contribution in [0.3, 0.4) is 0 Å². The first-order valence-electron chi connectivity index (χ1n) is 20.9. The van der Waals surface area contributed by atoms with Crippen molar-refractivity contribution in [3.63, 3.8) is 0 Å². The number of carbonyl (C=O) groups is 4. The third-order valence-corrected chi connectivity index (χ3v) is 14.6. The minimum Gasteiger partial charge on any atom is -0.495 e. The molecule has 14 nitrogen and oxygen atoms in total. The molecule has 0 spiro atoms. The Morgan fingerprint density at radius 3 is 2.54 bits per heavy atom. The highest BCUT2D eigenvalue weighted by Gasteiger charge is 2.62. The number of sulfonamides is 1. The van der Waals surface area contributed by atoms with E-state index in [1.807, 2.05) is 29.2 Å².